The highest BCUT2D eigenvalue weighted by atomic mass is 19.4. The second-order valence-corrected chi connectivity index (χ2v) is 9.22. The average Bonchev–Trinajstić information content (AvgIpc) is 3.32. The van der Waals surface area contributed by atoms with Gasteiger partial charge < -0.3 is 19.1 Å². The van der Waals surface area contributed by atoms with Gasteiger partial charge in [0.15, 0.2) is 0 Å². The molecule has 0 bridgehead atoms. The van der Waals surface area contributed by atoms with E-state index in [1.54, 1.807) is 6.33 Å². The lowest BCUT2D eigenvalue weighted by atomic mass is 9.88. The molecule has 3 aliphatic heterocycles. The number of allylic oxidation sites excluding steroid dienone is 3. The molecule has 0 saturated heterocycles. The Hall–Kier alpha value is -3.23. The number of halogens is 4. The van der Waals surface area contributed by atoms with Crippen LogP contribution in [0.25, 0.3) is 5.70 Å². The maximum Gasteiger partial charge on any atom is 0.419 e. The molecule has 4 heterocycles. The van der Waals surface area contributed by atoms with Crippen LogP contribution in [0.2, 0.25) is 0 Å². The molecule has 0 radical (unpaired) electrons. The van der Waals surface area contributed by atoms with E-state index in [-0.39, 0.29) is 11.7 Å². The number of hydrogen-bond acceptors (Lipinski definition) is 4. The van der Waals surface area contributed by atoms with Crippen molar-refractivity contribution in [1.82, 2.24) is 19.4 Å². The quantitative estimate of drug-likeness (QED) is 0.633. The van der Waals surface area contributed by atoms with Gasteiger partial charge in [0, 0.05) is 61.2 Å². The molecule has 0 spiro atoms. The van der Waals surface area contributed by atoms with Gasteiger partial charge in [0.25, 0.3) is 0 Å². The van der Waals surface area contributed by atoms with Gasteiger partial charge in [0.05, 0.1) is 35.6 Å². The molecule has 1 aromatic heterocycles. The molecule has 1 aliphatic carbocycles. The summed E-state index contributed by atoms with van der Waals surface area (Å²) in [5, 5.41) is 0. The van der Waals surface area contributed by atoms with Crippen molar-refractivity contribution in [2.45, 2.75) is 24.9 Å². The van der Waals surface area contributed by atoms with E-state index in [1.165, 1.54) is 0 Å². The summed E-state index contributed by atoms with van der Waals surface area (Å²) >= 11 is 0. The Kier molecular flexibility index (Phi) is 4.25. The fraction of sp³-hybridized carbons (Fsp3) is 0.375. The molecular weight excluding hydrogens is 436 g/mol. The third kappa shape index (κ3) is 3.32. The summed E-state index contributed by atoms with van der Waals surface area (Å²) < 4.78 is 61.7. The van der Waals surface area contributed by atoms with Gasteiger partial charge in [-0.3, -0.25) is 0 Å². The zero-order valence-corrected chi connectivity index (χ0v) is 17.9. The number of imidazole rings is 1. The number of rotatable bonds is 3. The zero-order valence-electron chi connectivity index (χ0n) is 17.9. The summed E-state index contributed by atoms with van der Waals surface area (Å²) in [6.45, 7) is 4.43. The molecular formula is C24H22F4N4O. The van der Waals surface area contributed by atoms with Gasteiger partial charge in [-0.25, -0.2) is 9.37 Å². The highest BCUT2D eigenvalue weighted by Crippen LogP contribution is 2.60. The molecule has 6 rings (SSSR count). The minimum Gasteiger partial charge on any atom is -0.493 e. The molecule has 1 fully saturated rings. The van der Waals surface area contributed by atoms with Crippen molar-refractivity contribution in [1.29, 1.82) is 0 Å². The molecule has 4 aliphatic rings. The number of aromatic nitrogens is 2. The monoisotopic (exact) mass is 458 g/mol. The topological polar surface area (TPSA) is 33.5 Å². The number of aryl methyl sites for hydroxylation is 1. The van der Waals surface area contributed by atoms with Crippen LogP contribution in [0.5, 0.6) is 5.75 Å². The van der Waals surface area contributed by atoms with Gasteiger partial charge in [-0.2, -0.15) is 13.2 Å². The predicted octanol–water partition coefficient (Wildman–Crippen LogP) is 4.53. The number of alkyl halides is 3. The molecule has 2 atom stereocenters. The number of benzene rings is 1. The minimum absolute atomic E-state index is 0.144. The second-order valence-electron chi connectivity index (χ2n) is 9.22. The van der Waals surface area contributed by atoms with E-state index in [2.05, 4.69) is 27.2 Å². The van der Waals surface area contributed by atoms with E-state index in [0.717, 1.165) is 48.7 Å². The molecule has 2 aromatic rings. The van der Waals surface area contributed by atoms with Gasteiger partial charge in [-0.05, 0) is 31.6 Å². The molecule has 0 unspecified atom stereocenters. The Labute approximate surface area is 188 Å². The van der Waals surface area contributed by atoms with Crippen LogP contribution in [0.3, 0.4) is 0 Å². The van der Waals surface area contributed by atoms with Crippen LogP contribution in [0, 0.1) is 18.7 Å². The van der Waals surface area contributed by atoms with Crippen LogP contribution in [-0.2, 0) is 11.6 Å². The van der Waals surface area contributed by atoms with Crippen molar-refractivity contribution >= 4 is 5.70 Å². The maximum absolute atomic E-state index is 14.1. The second kappa shape index (κ2) is 6.88. The lowest BCUT2D eigenvalue weighted by molar-refractivity contribution is -0.140. The lowest BCUT2D eigenvalue weighted by Crippen LogP contribution is -2.41. The van der Waals surface area contributed by atoms with Crippen molar-refractivity contribution in [2.24, 2.45) is 5.92 Å². The average molecular weight is 458 g/mol. The van der Waals surface area contributed by atoms with E-state index in [1.807, 2.05) is 29.8 Å². The van der Waals surface area contributed by atoms with Gasteiger partial charge in [-0.1, -0.05) is 0 Å². The summed E-state index contributed by atoms with van der Waals surface area (Å²) in [5.41, 5.74) is 1.81. The van der Waals surface area contributed by atoms with Crippen molar-refractivity contribution in [3.8, 4) is 5.75 Å². The molecule has 0 N–H and O–H groups in total. The third-order valence-electron chi connectivity index (χ3n) is 7.07. The number of ether oxygens (including phenoxy) is 1. The number of fused-ring (bicyclic) bond motifs is 4. The smallest absolute Gasteiger partial charge is 0.419 e. The molecule has 0 amide bonds. The molecule has 5 nitrogen and oxygen atoms in total. The first-order valence-electron chi connectivity index (χ1n) is 10.9. The summed E-state index contributed by atoms with van der Waals surface area (Å²) in [7, 11) is 0. The van der Waals surface area contributed by atoms with E-state index in [0.29, 0.717) is 18.7 Å². The Bertz CT molecular complexity index is 1230. The summed E-state index contributed by atoms with van der Waals surface area (Å²) in [6.07, 6.45) is 7.94. The third-order valence-corrected chi connectivity index (χ3v) is 7.07. The molecule has 33 heavy (non-hydrogen) atoms. The Morgan fingerprint density at radius 2 is 1.97 bits per heavy atom. The summed E-state index contributed by atoms with van der Waals surface area (Å²) in [6, 6.07) is 1.87. The normalized spacial score (nSPS) is 25.5. The Morgan fingerprint density at radius 3 is 2.73 bits per heavy atom. The van der Waals surface area contributed by atoms with Crippen molar-refractivity contribution < 1.29 is 22.3 Å². The standard InChI is InChI=1S/C24H22F4N4O/c1-15-9-32(14-29-15)18-3-2-17-10-30(4-5-31(17)11-18)13-23-8-16(23)12-33-22-7-21(25)19(6-20(22)23)24(26,27)28/h2-3,6-7,9-11,14,16H,4-5,8,12-13H2,1H3/t16-,23+/m1/s1. The predicted molar refractivity (Wildman–Crippen MR) is 113 cm³/mol. The van der Waals surface area contributed by atoms with Crippen LogP contribution in [-0.4, -0.2) is 45.6 Å². The van der Waals surface area contributed by atoms with Crippen LogP contribution in [0.15, 0.2) is 54.9 Å². The first-order chi connectivity index (χ1) is 15.7. The van der Waals surface area contributed by atoms with E-state index in [4.69, 9.17) is 4.74 Å². The summed E-state index contributed by atoms with van der Waals surface area (Å²) in [5.74, 6) is -0.901. The first kappa shape index (κ1) is 20.4. The van der Waals surface area contributed by atoms with Crippen LogP contribution in [0.4, 0.5) is 17.6 Å². The summed E-state index contributed by atoms with van der Waals surface area (Å²) in [4.78, 5) is 8.61. The van der Waals surface area contributed by atoms with Crippen LogP contribution < -0.4 is 4.74 Å². The van der Waals surface area contributed by atoms with Gasteiger partial charge in [0.1, 0.15) is 11.6 Å². The lowest BCUT2D eigenvalue weighted by Gasteiger charge is -2.38. The van der Waals surface area contributed by atoms with E-state index < -0.39 is 23.0 Å². The highest BCUT2D eigenvalue weighted by Gasteiger charge is 2.60. The molecule has 1 saturated carbocycles. The fourth-order valence-corrected chi connectivity index (χ4v) is 5.22. The van der Waals surface area contributed by atoms with Crippen LogP contribution in [0.1, 0.15) is 23.2 Å². The van der Waals surface area contributed by atoms with Crippen molar-refractivity contribution in [3.63, 3.8) is 0 Å². The Morgan fingerprint density at radius 1 is 1.15 bits per heavy atom. The largest absolute Gasteiger partial charge is 0.493 e. The van der Waals surface area contributed by atoms with Crippen molar-refractivity contribution in [3.05, 3.63) is 77.5 Å². The Balaban J connectivity index is 1.26. The fourth-order valence-electron chi connectivity index (χ4n) is 5.22. The first-order valence-corrected chi connectivity index (χ1v) is 10.9. The molecule has 9 heteroatoms. The van der Waals surface area contributed by atoms with E-state index >= 15 is 0 Å². The molecule has 1 aromatic carbocycles. The minimum atomic E-state index is -4.74. The van der Waals surface area contributed by atoms with Gasteiger partial charge >= 0.3 is 6.18 Å². The molecule has 172 valence electrons. The van der Waals surface area contributed by atoms with E-state index in [9.17, 15) is 17.6 Å². The van der Waals surface area contributed by atoms with Crippen molar-refractivity contribution in [2.75, 3.05) is 26.2 Å². The highest BCUT2D eigenvalue weighted by molar-refractivity contribution is 5.61. The SMILES string of the molecule is Cc1cn(C2=CN3CCN(C[C@@]45C[C@@H]4COc4cc(F)c(C(F)(F)F)cc45)C=C3C=C2)cn1. The number of nitrogens with zero attached hydrogens (tertiary/aromatic N) is 4. The zero-order chi connectivity index (χ0) is 23.0. The van der Waals surface area contributed by atoms with Gasteiger partial charge in [0.2, 0.25) is 0 Å². The van der Waals surface area contributed by atoms with Gasteiger partial charge in [-0.15, -0.1) is 0 Å². The maximum atomic E-state index is 14.1. The number of hydrogen-bond donors (Lipinski definition) is 0. The van der Waals surface area contributed by atoms with Crippen LogP contribution >= 0.6 is 0 Å².